The summed E-state index contributed by atoms with van der Waals surface area (Å²) >= 11 is -1.92. The Balaban J connectivity index is 0.000000823. The fourth-order valence-corrected chi connectivity index (χ4v) is 2.42. The van der Waals surface area contributed by atoms with Crippen molar-refractivity contribution in [3.8, 4) is 0 Å². The van der Waals surface area contributed by atoms with Gasteiger partial charge in [-0.05, 0) is 24.0 Å². The molecule has 0 fully saturated rings. The summed E-state index contributed by atoms with van der Waals surface area (Å²) in [5.41, 5.74) is 1.50. The van der Waals surface area contributed by atoms with Crippen LogP contribution in [0.15, 0.2) is 28.2 Å². The molecule has 5 nitrogen and oxygen atoms in total. The zero-order chi connectivity index (χ0) is 23.8. The van der Waals surface area contributed by atoms with Crippen LogP contribution in [0.2, 0.25) is 0 Å². The molecule has 0 saturated heterocycles. The number of hydrogen-bond acceptors (Lipinski definition) is 5. The molecule has 0 N–H and O–H groups in total. The molecule has 32 heavy (non-hydrogen) atoms. The third-order valence-corrected chi connectivity index (χ3v) is 4.07. The molecule has 0 saturated carbocycles. The zero-order valence-electron chi connectivity index (χ0n) is 17.5. The van der Waals surface area contributed by atoms with Crippen molar-refractivity contribution in [2.75, 3.05) is 13.2 Å². The van der Waals surface area contributed by atoms with Crippen molar-refractivity contribution in [3.05, 3.63) is 29.6 Å². The predicted molar refractivity (Wildman–Crippen MR) is 114 cm³/mol. The molecule has 0 amide bonds. The Labute approximate surface area is 218 Å². The van der Waals surface area contributed by atoms with E-state index in [-0.39, 0.29) is 34.5 Å². The quantitative estimate of drug-likeness (QED) is 0.276. The number of nitrogens with zero attached hydrogens (tertiary/aromatic N) is 3. The van der Waals surface area contributed by atoms with Crippen molar-refractivity contribution in [2.24, 2.45) is 21.8 Å². The van der Waals surface area contributed by atoms with E-state index in [0.29, 0.717) is 36.8 Å². The normalized spacial score (nSPS) is 20.0. The van der Waals surface area contributed by atoms with Gasteiger partial charge < -0.3 is 26.7 Å². The predicted octanol–water partition coefficient (Wildman–Crippen LogP) is 6.05. The van der Waals surface area contributed by atoms with E-state index in [1.807, 2.05) is 18.2 Å². The first kappa shape index (κ1) is 32.1. The second-order valence-corrected chi connectivity index (χ2v) is 17.5. The Morgan fingerprint density at radius 1 is 0.875 bits per heavy atom. The van der Waals surface area contributed by atoms with Gasteiger partial charge in [-0.2, -0.15) is 0 Å². The summed E-state index contributed by atoms with van der Waals surface area (Å²) in [5, 5.41) is 0. The Bertz CT molecular complexity index is 719. The first-order chi connectivity index (χ1) is 14.3. The monoisotopic (exact) mass is 793 g/mol. The first-order valence-corrected chi connectivity index (χ1v) is 18.1. The van der Waals surface area contributed by atoms with Crippen LogP contribution in [0.25, 0.3) is 0 Å². The van der Waals surface area contributed by atoms with Gasteiger partial charge in [0.1, 0.15) is 24.6 Å². The number of halogens is 7. The van der Waals surface area contributed by atoms with Gasteiger partial charge in [-0.3, -0.25) is 0 Å². The minimum absolute atomic E-state index is 0. The van der Waals surface area contributed by atoms with Gasteiger partial charge in [-0.1, -0.05) is 33.8 Å². The molecule has 2 atom stereocenters. The third kappa shape index (κ3) is 13.1. The second kappa shape index (κ2) is 15.2. The molecular weight excluding hydrogens is 771 g/mol. The van der Waals surface area contributed by atoms with E-state index in [1.54, 1.807) is 0 Å². The van der Waals surface area contributed by atoms with E-state index in [4.69, 9.17) is 38.2 Å². The van der Waals surface area contributed by atoms with Crippen LogP contribution in [0.1, 0.15) is 39.1 Å². The van der Waals surface area contributed by atoms with Crippen LogP contribution in [-0.2, 0) is 45.3 Å². The zero-order valence-corrected chi connectivity index (χ0v) is 23.6. The average Bonchev–Trinajstić information content (AvgIpc) is 3.30. The summed E-state index contributed by atoms with van der Waals surface area (Å²) in [6.45, 7) is 9.86. The Morgan fingerprint density at radius 2 is 1.19 bits per heavy atom. The van der Waals surface area contributed by atoms with Crippen LogP contribution >= 0.6 is 28.8 Å². The van der Waals surface area contributed by atoms with Crippen molar-refractivity contribution in [2.45, 2.75) is 39.8 Å². The van der Waals surface area contributed by atoms with Gasteiger partial charge in [-0.25, -0.2) is 15.0 Å². The SMILES string of the molecule is CC(C)[C@H]1COC(c2cccc(C3=N[C@@H](C(C)C)CO3)n2)=N1.F[B-](F)(F)F.[Ag+].[Cl][Ir]([Cl])[Cl]. The van der Waals surface area contributed by atoms with Gasteiger partial charge in [0.05, 0.1) is 12.1 Å². The summed E-state index contributed by atoms with van der Waals surface area (Å²) in [5.74, 6) is 2.18. The molecule has 2 aliphatic heterocycles. The fourth-order valence-electron chi connectivity index (χ4n) is 2.42. The molecule has 1 aromatic rings. The summed E-state index contributed by atoms with van der Waals surface area (Å²) < 4.78 is 50.4. The van der Waals surface area contributed by atoms with Crippen LogP contribution in [0.3, 0.4) is 0 Å². The van der Waals surface area contributed by atoms with Crippen LogP contribution in [0.5, 0.6) is 0 Å². The summed E-state index contributed by atoms with van der Waals surface area (Å²) in [4.78, 5) is 13.9. The van der Waals surface area contributed by atoms with Crippen molar-refractivity contribution in [1.29, 1.82) is 0 Å². The number of hydrogen-bond donors (Lipinski definition) is 0. The van der Waals surface area contributed by atoms with Crippen molar-refractivity contribution >= 4 is 47.8 Å². The molecule has 190 valence electrons. The molecule has 2 aliphatic rings. The second-order valence-electron chi connectivity index (χ2n) is 7.16. The van der Waals surface area contributed by atoms with E-state index < -0.39 is 20.7 Å². The number of aromatic nitrogens is 1. The number of pyridine rings is 1. The molecule has 0 aromatic carbocycles. The maximum absolute atomic E-state index is 9.75. The molecule has 1 aromatic heterocycles. The Morgan fingerprint density at radius 3 is 1.44 bits per heavy atom. The fraction of sp³-hybridized carbons (Fsp3) is 0.588. The van der Waals surface area contributed by atoms with E-state index in [2.05, 4.69) is 42.7 Å². The molecule has 3 heterocycles. The summed E-state index contributed by atoms with van der Waals surface area (Å²) in [7, 11) is 8.92. The van der Waals surface area contributed by atoms with Crippen LogP contribution in [0, 0.1) is 11.8 Å². The first-order valence-electron chi connectivity index (χ1n) is 9.18. The molecular formula is C17H23AgBCl3F4IrN3O2. The number of aliphatic imine (C=N–C) groups is 2. The Hall–Kier alpha value is 0.135. The maximum atomic E-state index is 9.75. The Kier molecular flexibility index (Phi) is 15.3. The summed E-state index contributed by atoms with van der Waals surface area (Å²) in [6.07, 6.45) is 0. The standard InChI is InChI=1S/C17H23N3O2.Ag.BF4.3ClH.Ir/c1-10(2)14-8-21-16(19-14)12-6-5-7-13(18-12)17-20-15(9-22-17)11(3)4;;2-1(3,4)5;;;;/h5-7,10-11,14-15H,8-9H2,1-4H3;;;3*1H;/q;+1;-1;;;;+3/p-3/t14-,15-;;;;;;/m1....../s1. The van der Waals surface area contributed by atoms with Gasteiger partial charge in [-0.15, -0.1) is 0 Å². The van der Waals surface area contributed by atoms with Crippen molar-refractivity contribution in [3.63, 3.8) is 0 Å². The van der Waals surface area contributed by atoms with E-state index in [9.17, 15) is 17.3 Å². The van der Waals surface area contributed by atoms with Crippen LogP contribution in [0.4, 0.5) is 17.3 Å². The summed E-state index contributed by atoms with van der Waals surface area (Å²) in [6, 6.07) is 6.21. The molecule has 0 radical (unpaired) electrons. The average molecular weight is 795 g/mol. The minimum atomic E-state index is -6.00. The van der Waals surface area contributed by atoms with Gasteiger partial charge >= 0.3 is 71.8 Å². The van der Waals surface area contributed by atoms with E-state index >= 15 is 0 Å². The van der Waals surface area contributed by atoms with Gasteiger partial charge in [0, 0.05) is 0 Å². The van der Waals surface area contributed by atoms with E-state index in [0.717, 1.165) is 11.4 Å². The van der Waals surface area contributed by atoms with Crippen molar-refractivity contribution in [1.82, 2.24) is 4.98 Å². The molecule has 15 heteroatoms. The third-order valence-electron chi connectivity index (χ3n) is 4.07. The van der Waals surface area contributed by atoms with Crippen molar-refractivity contribution < 1.29 is 62.6 Å². The van der Waals surface area contributed by atoms with Crippen LogP contribution in [-0.4, -0.2) is 49.3 Å². The van der Waals surface area contributed by atoms with Gasteiger partial charge in [0.15, 0.2) is 0 Å². The number of ether oxygens (including phenoxy) is 2. The number of rotatable bonds is 4. The molecule has 0 bridgehead atoms. The van der Waals surface area contributed by atoms with Crippen LogP contribution < -0.4 is 0 Å². The molecule has 0 aliphatic carbocycles. The topological polar surface area (TPSA) is 56.1 Å². The van der Waals surface area contributed by atoms with Gasteiger partial charge in [0.2, 0.25) is 11.8 Å². The molecule has 3 rings (SSSR count). The molecule has 0 spiro atoms. The van der Waals surface area contributed by atoms with E-state index in [1.165, 1.54) is 0 Å². The molecule has 0 unspecified atom stereocenters. The van der Waals surface area contributed by atoms with Gasteiger partial charge in [0.25, 0.3) is 0 Å².